The Kier molecular flexibility index (Phi) is 5.12. The first-order chi connectivity index (χ1) is 14.1. The number of fused-ring (bicyclic) bond motifs is 2. The number of ether oxygens (including phenoxy) is 1. The molecule has 1 N–H and O–H groups in total. The Bertz CT molecular complexity index is 1190. The molecule has 0 fully saturated rings. The number of nitrogens with one attached hydrogen (secondary N) is 1. The van der Waals surface area contributed by atoms with E-state index in [4.69, 9.17) is 9.72 Å². The quantitative estimate of drug-likeness (QED) is 0.512. The number of carbonyl (C=O) groups is 1. The van der Waals surface area contributed by atoms with Crippen LogP contribution in [0.15, 0.2) is 48.5 Å². The Hall–Kier alpha value is -3.48. The normalized spacial score (nSPS) is 11.1. The number of rotatable bonds is 6. The number of methoxy groups -OCH3 is 1. The Labute approximate surface area is 167 Å². The molecule has 29 heavy (non-hydrogen) atoms. The first-order valence-electron chi connectivity index (χ1n) is 9.51. The van der Waals surface area contributed by atoms with Crippen molar-refractivity contribution in [2.45, 2.75) is 26.3 Å². The van der Waals surface area contributed by atoms with Gasteiger partial charge in [-0.25, -0.2) is 14.1 Å². The molecular weight excluding hydrogens is 371 g/mol. The number of unbranched alkanes of at least 4 members (excludes halogenated alkanes) is 1. The van der Waals surface area contributed by atoms with Crippen molar-refractivity contribution >= 4 is 33.7 Å². The summed E-state index contributed by atoms with van der Waals surface area (Å²) in [7, 11) is 1.62. The standard InChI is InChI=1S/C22H21FN4O2/c1-3-4-11-27-21-18(13-15-12-17(29-2)9-10-19(15)24-21)20(26-27)25-22(28)14-5-7-16(23)8-6-14/h5-10,12-13H,3-4,11H2,1-2H3,(H,25,26,28). The van der Waals surface area contributed by atoms with Gasteiger partial charge in [-0.15, -0.1) is 0 Å². The summed E-state index contributed by atoms with van der Waals surface area (Å²) in [4.78, 5) is 17.4. The van der Waals surface area contributed by atoms with Gasteiger partial charge in [0.1, 0.15) is 11.6 Å². The Morgan fingerprint density at radius 3 is 2.69 bits per heavy atom. The van der Waals surface area contributed by atoms with Crippen molar-refractivity contribution in [3.05, 3.63) is 59.9 Å². The van der Waals surface area contributed by atoms with Gasteiger partial charge in [-0.2, -0.15) is 5.10 Å². The molecule has 0 bridgehead atoms. The minimum Gasteiger partial charge on any atom is -0.497 e. The van der Waals surface area contributed by atoms with E-state index >= 15 is 0 Å². The van der Waals surface area contributed by atoms with Crippen molar-refractivity contribution in [3.8, 4) is 5.75 Å². The molecule has 0 spiro atoms. The number of aryl methyl sites for hydroxylation is 1. The summed E-state index contributed by atoms with van der Waals surface area (Å²) in [5.41, 5.74) is 1.90. The van der Waals surface area contributed by atoms with E-state index in [0.29, 0.717) is 23.6 Å². The molecule has 0 aliphatic heterocycles. The van der Waals surface area contributed by atoms with Crippen molar-refractivity contribution < 1.29 is 13.9 Å². The van der Waals surface area contributed by atoms with Gasteiger partial charge in [0.2, 0.25) is 0 Å². The minimum atomic E-state index is -0.388. The highest BCUT2D eigenvalue weighted by Crippen LogP contribution is 2.28. The Morgan fingerprint density at radius 1 is 1.17 bits per heavy atom. The van der Waals surface area contributed by atoms with Gasteiger partial charge >= 0.3 is 0 Å². The van der Waals surface area contributed by atoms with Crippen LogP contribution in [0.5, 0.6) is 5.75 Å². The molecule has 0 atom stereocenters. The van der Waals surface area contributed by atoms with Crippen LogP contribution >= 0.6 is 0 Å². The van der Waals surface area contributed by atoms with Gasteiger partial charge in [-0.1, -0.05) is 13.3 Å². The monoisotopic (exact) mass is 392 g/mol. The smallest absolute Gasteiger partial charge is 0.256 e. The second kappa shape index (κ2) is 7.87. The predicted octanol–water partition coefficient (Wildman–Crippen LogP) is 4.78. The number of hydrogen-bond acceptors (Lipinski definition) is 4. The van der Waals surface area contributed by atoms with E-state index < -0.39 is 0 Å². The number of aromatic nitrogens is 3. The molecule has 2 aromatic carbocycles. The van der Waals surface area contributed by atoms with Crippen LogP contribution in [-0.2, 0) is 6.54 Å². The minimum absolute atomic E-state index is 0.349. The molecule has 0 saturated carbocycles. The fourth-order valence-corrected chi connectivity index (χ4v) is 3.20. The van der Waals surface area contributed by atoms with E-state index in [1.165, 1.54) is 24.3 Å². The summed E-state index contributed by atoms with van der Waals surface area (Å²) in [6.07, 6.45) is 1.97. The first-order valence-corrected chi connectivity index (χ1v) is 9.51. The largest absolute Gasteiger partial charge is 0.497 e. The van der Waals surface area contributed by atoms with E-state index in [-0.39, 0.29) is 11.7 Å². The predicted molar refractivity (Wildman–Crippen MR) is 111 cm³/mol. The lowest BCUT2D eigenvalue weighted by Crippen LogP contribution is -2.13. The zero-order valence-electron chi connectivity index (χ0n) is 16.3. The highest BCUT2D eigenvalue weighted by Gasteiger charge is 2.16. The number of pyridine rings is 1. The molecule has 0 aliphatic carbocycles. The maximum atomic E-state index is 13.2. The van der Waals surface area contributed by atoms with Crippen molar-refractivity contribution in [3.63, 3.8) is 0 Å². The van der Waals surface area contributed by atoms with Crippen LogP contribution in [0.1, 0.15) is 30.1 Å². The molecule has 4 aromatic rings. The summed E-state index contributed by atoms with van der Waals surface area (Å²) < 4.78 is 20.3. The van der Waals surface area contributed by atoms with Crippen LogP contribution in [0.2, 0.25) is 0 Å². The molecule has 0 radical (unpaired) electrons. The second-order valence-corrected chi connectivity index (χ2v) is 6.80. The molecule has 2 heterocycles. The van der Waals surface area contributed by atoms with Crippen molar-refractivity contribution in [1.82, 2.24) is 14.8 Å². The molecule has 2 aromatic heterocycles. The van der Waals surface area contributed by atoms with E-state index in [1.807, 2.05) is 28.9 Å². The van der Waals surface area contributed by atoms with Crippen LogP contribution in [0.25, 0.3) is 21.9 Å². The van der Waals surface area contributed by atoms with Gasteiger partial charge < -0.3 is 10.1 Å². The van der Waals surface area contributed by atoms with Crippen LogP contribution in [-0.4, -0.2) is 27.8 Å². The molecular formula is C22H21FN4O2. The lowest BCUT2D eigenvalue weighted by Gasteiger charge is -2.05. The second-order valence-electron chi connectivity index (χ2n) is 6.80. The lowest BCUT2D eigenvalue weighted by molar-refractivity contribution is 0.102. The Balaban J connectivity index is 1.79. The number of halogens is 1. The highest BCUT2D eigenvalue weighted by atomic mass is 19.1. The maximum absolute atomic E-state index is 13.2. The summed E-state index contributed by atoms with van der Waals surface area (Å²) in [5, 5.41) is 9.08. The number of hydrogen-bond donors (Lipinski definition) is 1. The van der Waals surface area contributed by atoms with Crippen molar-refractivity contribution in [2.24, 2.45) is 0 Å². The zero-order chi connectivity index (χ0) is 20.4. The molecule has 0 aliphatic rings. The van der Waals surface area contributed by atoms with Crippen molar-refractivity contribution in [2.75, 3.05) is 12.4 Å². The highest BCUT2D eigenvalue weighted by molar-refractivity contribution is 6.08. The number of benzene rings is 2. The number of amides is 1. The zero-order valence-corrected chi connectivity index (χ0v) is 16.3. The number of anilines is 1. The third-order valence-corrected chi connectivity index (χ3v) is 4.78. The third kappa shape index (κ3) is 3.76. The molecule has 6 nitrogen and oxygen atoms in total. The van der Waals surface area contributed by atoms with E-state index in [9.17, 15) is 9.18 Å². The maximum Gasteiger partial charge on any atom is 0.256 e. The lowest BCUT2D eigenvalue weighted by atomic mass is 10.1. The van der Waals surface area contributed by atoms with Gasteiger partial charge in [0, 0.05) is 17.5 Å². The van der Waals surface area contributed by atoms with E-state index in [0.717, 1.165) is 34.9 Å². The summed E-state index contributed by atoms with van der Waals surface area (Å²) in [6, 6.07) is 13.0. The van der Waals surface area contributed by atoms with Crippen LogP contribution in [0.4, 0.5) is 10.2 Å². The summed E-state index contributed by atoms with van der Waals surface area (Å²) >= 11 is 0. The van der Waals surface area contributed by atoms with Gasteiger partial charge in [0.15, 0.2) is 11.5 Å². The SMILES string of the molecule is CCCCn1nc(NC(=O)c2ccc(F)cc2)c2cc3cc(OC)ccc3nc21. The first kappa shape index (κ1) is 18.9. The topological polar surface area (TPSA) is 69.0 Å². The summed E-state index contributed by atoms with van der Waals surface area (Å²) in [6.45, 7) is 2.81. The van der Waals surface area contributed by atoms with Crippen LogP contribution in [0, 0.1) is 5.82 Å². The van der Waals surface area contributed by atoms with E-state index in [2.05, 4.69) is 17.3 Å². The number of carbonyl (C=O) groups excluding carboxylic acids is 1. The molecule has 4 rings (SSSR count). The molecule has 0 unspecified atom stereocenters. The van der Waals surface area contributed by atoms with E-state index in [1.54, 1.807) is 7.11 Å². The number of nitrogens with zero attached hydrogens (tertiary/aromatic N) is 3. The Morgan fingerprint density at radius 2 is 1.97 bits per heavy atom. The van der Waals surface area contributed by atoms with Crippen LogP contribution in [0.3, 0.4) is 0 Å². The van der Waals surface area contributed by atoms with Gasteiger partial charge in [-0.05, 0) is 55.0 Å². The fourth-order valence-electron chi connectivity index (χ4n) is 3.20. The van der Waals surface area contributed by atoms with Gasteiger partial charge in [0.05, 0.1) is 18.0 Å². The third-order valence-electron chi connectivity index (χ3n) is 4.78. The molecule has 1 amide bonds. The molecule has 7 heteroatoms. The van der Waals surface area contributed by atoms with Gasteiger partial charge in [0.25, 0.3) is 5.91 Å². The average molecular weight is 392 g/mol. The molecule has 0 saturated heterocycles. The van der Waals surface area contributed by atoms with Gasteiger partial charge in [-0.3, -0.25) is 4.79 Å². The summed E-state index contributed by atoms with van der Waals surface area (Å²) in [5.74, 6) is 0.426. The average Bonchev–Trinajstić information content (AvgIpc) is 3.06. The van der Waals surface area contributed by atoms with Crippen LogP contribution < -0.4 is 10.1 Å². The molecule has 148 valence electrons. The fraction of sp³-hybridized carbons (Fsp3) is 0.227. The van der Waals surface area contributed by atoms with Crippen molar-refractivity contribution in [1.29, 1.82) is 0 Å².